The topological polar surface area (TPSA) is 20.3 Å². The van der Waals surface area contributed by atoms with Gasteiger partial charge in [-0.2, -0.15) is 13.2 Å². The minimum Gasteiger partial charge on any atom is -0.339 e. The van der Waals surface area contributed by atoms with Crippen molar-refractivity contribution in [1.82, 2.24) is 4.90 Å². The molecule has 6 heteroatoms. The van der Waals surface area contributed by atoms with Gasteiger partial charge in [-0.25, -0.2) is 4.39 Å². The molecule has 0 heterocycles. The molecular weight excluding hydrogens is 262 g/mol. The first kappa shape index (κ1) is 15.5. The zero-order valence-corrected chi connectivity index (χ0v) is 10.9. The first-order chi connectivity index (χ1) is 8.68. The fourth-order valence-electron chi connectivity index (χ4n) is 1.53. The molecule has 0 N–H and O–H groups in total. The van der Waals surface area contributed by atoms with Gasteiger partial charge in [0.05, 0.1) is 11.1 Å². The zero-order chi connectivity index (χ0) is 14.8. The van der Waals surface area contributed by atoms with E-state index in [9.17, 15) is 22.4 Å². The van der Waals surface area contributed by atoms with Crippen molar-refractivity contribution in [2.24, 2.45) is 0 Å². The molecule has 1 atom stereocenters. The molecule has 1 aromatic rings. The van der Waals surface area contributed by atoms with E-state index in [2.05, 4.69) is 0 Å². The fourth-order valence-corrected chi connectivity index (χ4v) is 1.53. The normalized spacial score (nSPS) is 13.2. The quantitative estimate of drug-likeness (QED) is 0.771. The van der Waals surface area contributed by atoms with Crippen molar-refractivity contribution in [3.05, 3.63) is 35.1 Å². The van der Waals surface area contributed by atoms with Crippen molar-refractivity contribution >= 4 is 5.91 Å². The summed E-state index contributed by atoms with van der Waals surface area (Å²) in [4.78, 5) is 13.2. The number of halogens is 4. The molecule has 0 aliphatic carbocycles. The van der Waals surface area contributed by atoms with Crippen LogP contribution >= 0.6 is 0 Å². The van der Waals surface area contributed by atoms with Crippen LogP contribution in [0.25, 0.3) is 0 Å². The third-order valence-electron chi connectivity index (χ3n) is 3.10. The molecule has 106 valence electrons. The number of amides is 1. The Hall–Kier alpha value is -1.59. The van der Waals surface area contributed by atoms with Crippen molar-refractivity contribution in [1.29, 1.82) is 0 Å². The predicted octanol–water partition coefficient (Wildman–Crippen LogP) is 3.72. The Morgan fingerprint density at radius 2 is 1.95 bits per heavy atom. The highest BCUT2D eigenvalue weighted by atomic mass is 19.4. The summed E-state index contributed by atoms with van der Waals surface area (Å²) in [7, 11) is 1.44. The first-order valence-electron chi connectivity index (χ1n) is 5.82. The zero-order valence-electron chi connectivity index (χ0n) is 10.9. The summed E-state index contributed by atoms with van der Waals surface area (Å²) in [5.74, 6) is -1.70. The Kier molecular flexibility index (Phi) is 4.55. The van der Waals surface area contributed by atoms with E-state index >= 15 is 0 Å². The lowest BCUT2D eigenvalue weighted by Crippen LogP contribution is -2.35. The number of benzene rings is 1. The summed E-state index contributed by atoms with van der Waals surface area (Å²) < 4.78 is 51.1. The lowest BCUT2D eigenvalue weighted by molar-refractivity contribution is -0.137. The Labute approximate surface area is 109 Å². The third-order valence-corrected chi connectivity index (χ3v) is 3.10. The number of carbonyl (C=O) groups excluding carboxylic acids is 1. The Bertz CT molecular complexity index is 470. The fraction of sp³-hybridized carbons (Fsp3) is 0.462. The van der Waals surface area contributed by atoms with Crippen LogP contribution in [0.2, 0.25) is 0 Å². The predicted molar refractivity (Wildman–Crippen MR) is 63.2 cm³/mol. The average Bonchev–Trinajstić information content (AvgIpc) is 2.35. The van der Waals surface area contributed by atoms with Gasteiger partial charge in [-0.1, -0.05) is 6.92 Å². The maximum Gasteiger partial charge on any atom is 0.416 e. The summed E-state index contributed by atoms with van der Waals surface area (Å²) >= 11 is 0. The van der Waals surface area contributed by atoms with Gasteiger partial charge in [-0.15, -0.1) is 0 Å². The second-order valence-electron chi connectivity index (χ2n) is 4.37. The molecule has 0 saturated carbocycles. The van der Waals surface area contributed by atoms with Crippen molar-refractivity contribution in [2.75, 3.05) is 7.05 Å². The van der Waals surface area contributed by atoms with Gasteiger partial charge >= 0.3 is 6.18 Å². The van der Waals surface area contributed by atoms with E-state index in [1.165, 1.54) is 11.9 Å². The highest BCUT2D eigenvalue weighted by molar-refractivity contribution is 5.94. The first-order valence-corrected chi connectivity index (χ1v) is 5.82. The van der Waals surface area contributed by atoms with Crippen LogP contribution in [0, 0.1) is 5.82 Å². The maximum atomic E-state index is 13.5. The Morgan fingerprint density at radius 1 is 1.37 bits per heavy atom. The standard InChI is InChI=1S/C13H15F4NO/c1-4-8(2)18(3)12(19)10-7-9(13(15,16)17)5-6-11(10)14/h5-8H,4H2,1-3H3. The summed E-state index contributed by atoms with van der Waals surface area (Å²) in [5, 5.41) is 0. The molecule has 1 unspecified atom stereocenters. The molecule has 2 nitrogen and oxygen atoms in total. The highest BCUT2D eigenvalue weighted by Gasteiger charge is 2.32. The molecule has 1 aromatic carbocycles. The maximum absolute atomic E-state index is 13.5. The van der Waals surface area contributed by atoms with Crippen LogP contribution in [-0.4, -0.2) is 23.9 Å². The van der Waals surface area contributed by atoms with Gasteiger partial charge in [0.1, 0.15) is 5.82 Å². The molecule has 0 radical (unpaired) electrons. The van der Waals surface area contributed by atoms with Crippen molar-refractivity contribution < 1.29 is 22.4 Å². The molecule has 1 amide bonds. The van der Waals surface area contributed by atoms with E-state index in [1.54, 1.807) is 6.92 Å². The van der Waals surface area contributed by atoms with Gasteiger partial charge in [-0.3, -0.25) is 4.79 Å². The largest absolute Gasteiger partial charge is 0.416 e. The highest BCUT2D eigenvalue weighted by Crippen LogP contribution is 2.30. The minimum absolute atomic E-state index is 0.179. The number of hydrogen-bond acceptors (Lipinski definition) is 1. The van der Waals surface area contributed by atoms with Crippen LogP contribution < -0.4 is 0 Å². The molecule has 0 spiro atoms. The second kappa shape index (κ2) is 5.59. The van der Waals surface area contributed by atoms with Gasteiger partial charge < -0.3 is 4.90 Å². The van der Waals surface area contributed by atoms with Crippen LogP contribution in [0.5, 0.6) is 0 Å². The summed E-state index contributed by atoms with van der Waals surface area (Å²) in [5.41, 5.74) is -1.59. The SMILES string of the molecule is CCC(C)N(C)C(=O)c1cc(C(F)(F)F)ccc1F. The summed E-state index contributed by atoms with van der Waals surface area (Å²) in [6.45, 7) is 3.57. The number of rotatable bonds is 3. The molecule has 0 aromatic heterocycles. The number of nitrogens with zero attached hydrogens (tertiary/aromatic N) is 1. The van der Waals surface area contributed by atoms with Crippen molar-refractivity contribution in [2.45, 2.75) is 32.5 Å². The van der Waals surface area contributed by atoms with E-state index < -0.39 is 29.0 Å². The van der Waals surface area contributed by atoms with Gasteiger partial charge in [-0.05, 0) is 31.5 Å². The van der Waals surface area contributed by atoms with Gasteiger partial charge in [0, 0.05) is 13.1 Å². The van der Waals surface area contributed by atoms with Crippen LogP contribution in [-0.2, 0) is 6.18 Å². The van der Waals surface area contributed by atoms with Crippen LogP contribution in [0.3, 0.4) is 0 Å². The molecule has 0 fully saturated rings. The van der Waals surface area contributed by atoms with Crippen molar-refractivity contribution in [3.8, 4) is 0 Å². The van der Waals surface area contributed by atoms with E-state index in [4.69, 9.17) is 0 Å². The van der Waals surface area contributed by atoms with Crippen molar-refractivity contribution in [3.63, 3.8) is 0 Å². The third kappa shape index (κ3) is 3.45. The van der Waals surface area contributed by atoms with E-state index in [0.717, 1.165) is 0 Å². The molecule has 0 bridgehead atoms. The summed E-state index contributed by atoms with van der Waals surface area (Å²) in [6, 6.07) is 1.66. The summed E-state index contributed by atoms with van der Waals surface area (Å²) in [6.07, 6.45) is -3.97. The molecule has 0 aliphatic heterocycles. The average molecular weight is 277 g/mol. The van der Waals surface area contributed by atoms with Crippen LogP contribution in [0.15, 0.2) is 18.2 Å². The van der Waals surface area contributed by atoms with Crippen LogP contribution in [0.4, 0.5) is 17.6 Å². The Balaban J connectivity index is 3.16. The number of hydrogen-bond donors (Lipinski definition) is 0. The Morgan fingerprint density at radius 3 is 2.42 bits per heavy atom. The van der Waals surface area contributed by atoms with Crippen LogP contribution in [0.1, 0.15) is 36.2 Å². The second-order valence-corrected chi connectivity index (χ2v) is 4.37. The van der Waals surface area contributed by atoms with Gasteiger partial charge in [0.25, 0.3) is 5.91 Å². The minimum atomic E-state index is -4.60. The lowest BCUT2D eigenvalue weighted by Gasteiger charge is -2.24. The van der Waals surface area contributed by atoms with Gasteiger partial charge in [0.2, 0.25) is 0 Å². The van der Waals surface area contributed by atoms with E-state index in [0.29, 0.717) is 24.6 Å². The molecule has 0 saturated heterocycles. The molecule has 19 heavy (non-hydrogen) atoms. The monoisotopic (exact) mass is 277 g/mol. The lowest BCUT2D eigenvalue weighted by atomic mass is 10.1. The number of carbonyl (C=O) groups is 1. The van der Waals surface area contributed by atoms with E-state index in [1.807, 2.05) is 6.92 Å². The smallest absolute Gasteiger partial charge is 0.339 e. The van der Waals surface area contributed by atoms with E-state index in [-0.39, 0.29) is 6.04 Å². The molecule has 0 aliphatic rings. The molecule has 1 rings (SSSR count). The number of alkyl halides is 3. The molecular formula is C13H15F4NO. The van der Waals surface area contributed by atoms with Gasteiger partial charge in [0.15, 0.2) is 0 Å².